The van der Waals surface area contributed by atoms with Crippen LogP contribution >= 0.6 is 0 Å². The average molecular weight is 421 g/mol. The molecule has 1 N–H and O–H groups in total. The summed E-state index contributed by atoms with van der Waals surface area (Å²) in [6, 6.07) is 20.1. The van der Waals surface area contributed by atoms with E-state index in [2.05, 4.69) is 4.98 Å². The van der Waals surface area contributed by atoms with Gasteiger partial charge in [0.25, 0.3) is 5.56 Å². The van der Waals surface area contributed by atoms with Gasteiger partial charge in [0, 0.05) is 23.7 Å². The Morgan fingerprint density at radius 2 is 1.58 bits per heavy atom. The predicted octanol–water partition coefficient (Wildman–Crippen LogP) is 3.60. The second-order valence-electron chi connectivity index (χ2n) is 8.20. The van der Waals surface area contributed by atoms with E-state index in [4.69, 9.17) is 9.47 Å². The zero-order chi connectivity index (χ0) is 21.6. The van der Waals surface area contributed by atoms with Crippen LogP contribution in [0.2, 0.25) is 0 Å². The normalized spacial score (nSPS) is 20.7. The molecule has 3 atom stereocenters. The van der Waals surface area contributed by atoms with Crippen LogP contribution < -0.4 is 11.2 Å². The molecule has 6 heteroatoms. The second kappa shape index (κ2) is 9.90. The zero-order valence-electron chi connectivity index (χ0n) is 17.7. The molecule has 1 fully saturated rings. The van der Waals surface area contributed by atoms with Gasteiger partial charge in [0.1, 0.15) is 0 Å². The van der Waals surface area contributed by atoms with Crippen molar-refractivity contribution in [1.82, 2.24) is 9.55 Å². The van der Waals surface area contributed by atoms with E-state index in [0.29, 0.717) is 31.8 Å². The summed E-state index contributed by atoms with van der Waals surface area (Å²) in [5, 5.41) is 0. The van der Waals surface area contributed by atoms with Crippen LogP contribution in [0.5, 0.6) is 0 Å². The highest BCUT2D eigenvalue weighted by Crippen LogP contribution is 2.37. The Labute approximate surface area is 181 Å². The van der Waals surface area contributed by atoms with Gasteiger partial charge in [-0.15, -0.1) is 0 Å². The molecule has 1 saturated carbocycles. The molecule has 31 heavy (non-hydrogen) atoms. The van der Waals surface area contributed by atoms with Crippen molar-refractivity contribution in [2.75, 3.05) is 6.61 Å². The first-order valence-corrected chi connectivity index (χ1v) is 10.7. The third-order valence-corrected chi connectivity index (χ3v) is 5.89. The molecule has 0 unspecified atom stereocenters. The Morgan fingerprint density at radius 3 is 2.26 bits per heavy atom. The molecule has 0 aliphatic heterocycles. The molecule has 3 aromatic rings. The number of benzene rings is 2. The Bertz CT molecular complexity index is 1090. The predicted molar refractivity (Wildman–Crippen MR) is 119 cm³/mol. The van der Waals surface area contributed by atoms with Crippen LogP contribution in [0.3, 0.4) is 0 Å². The molecule has 0 bridgehead atoms. The number of aromatic nitrogens is 2. The highest BCUT2D eigenvalue weighted by Gasteiger charge is 2.36. The minimum atomic E-state index is -0.367. The molecule has 1 aromatic heterocycles. The lowest BCUT2D eigenvalue weighted by Gasteiger charge is -2.20. The van der Waals surface area contributed by atoms with Gasteiger partial charge < -0.3 is 9.47 Å². The zero-order valence-corrected chi connectivity index (χ0v) is 17.7. The summed E-state index contributed by atoms with van der Waals surface area (Å²) in [6.07, 6.45) is 3.10. The number of H-pyrrole nitrogens is 1. The molecule has 6 nitrogen and oxygen atoms in total. The van der Waals surface area contributed by atoms with E-state index in [1.165, 1.54) is 0 Å². The Morgan fingerprint density at radius 1 is 0.935 bits per heavy atom. The largest absolute Gasteiger partial charge is 0.376 e. The molecule has 162 valence electrons. The summed E-state index contributed by atoms with van der Waals surface area (Å²) in [4.78, 5) is 26.6. The van der Waals surface area contributed by atoms with Gasteiger partial charge in [-0.2, -0.15) is 0 Å². The standard InChI is InChI=1S/C25H28N2O4/c1-18-14-27(25(29)26-24(18)28)22-12-21(17-30-15-19-8-4-2-5-9-19)23(13-22)31-16-20-10-6-3-7-11-20/h2-11,14,21-23H,12-13,15-17H2,1H3,(H,26,28,29)/t21-,22-,23-/m1/s1. The summed E-state index contributed by atoms with van der Waals surface area (Å²) in [5.41, 5.74) is 2.08. The summed E-state index contributed by atoms with van der Waals surface area (Å²) in [7, 11) is 0. The van der Waals surface area contributed by atoms with Crippen molar-refractivity contribution in [3.8, 4) is 0 Å². The number of nitrogens with one attached hydrogen (secondary N) is 1. The van der Waals surface area contributed by atoms with Crippen molar-refractivity contribution in [1.29, 1.82) is 0 Å². The van der Waals surface area contributed by atoms with Crippen LogP contribution in [0.1, 0.15) is 35.6 Å². The maximum Gasteiger partial charge on any atom is 0.328 e. The molecule has 0 saturated heterocycles. The van der Waals surface area contributed by atoms with Crippen molar-refractivity contribution in [3.05, 3.63) is 104 Å². The SMILES string of the molecule is Cc1cn([C@@H]2C[C@H](COCc3ccccc3)[C@H](OCc3ccccc3)C2)c(=O)[nH]c1=O. The Kier molecular flexibility index (Phi) is 6.79. The first-order valence-electron chi connectivity index (χ1n) is 10.7. The van der Waals surface area contributed by atoms with Crippen LogP contribution in [0, 0.1) is 12.8 Å². The minimum Gasteiger partial charge on any atom is -0.376 e. The van der Waals surface area contributed by atoms with Gasteiger partial charge >= 0.3 is 5.69 Å². The van der Waals surface area contributed by atoms with Crippen LogP contribution in [-0.2, 0) is 22.7 Å². The summed E-state index contributed by atoms with van der Waals surface area (Å²) in [6.45, 7) is 3.34. The first-order chi connectivity index (χ1) is 15.1. The lowest BCUT2D eigenvalue weighted by molar-refractivity contribution is -0.0190. The average Bonchev–Trinajstić information content (AvgIpc) is 3.19. The summed E-state index contributed by atoms with van der Waals surface area (Å²) in [5.74, 6) is 0.163. The maximum atomic E-state index is 12.4. The fraction of sp³-hybridized carbons (Fsp3) is 0.360. The molecule has 2 aromatic carbocycles. The van der Waals surface area contributed by atoms with Crippen molar-refractivity contribution in [2.45, 2.75) is 45.1 Å². The van der Waals surface area contributed by atoms with E-state index in [9.17, 15) is 9.59 Å². The van der Waals surface area contributed by atoms with Crippen molar-refractivity contribution >= 4 is 0 Å². The van der Waals surface area contributed by atoms with Gasteiger partial charge in [-0.1, -0.05) is 60.7 Å². The molecular weight excluding hydrogens is 392 g/mol. The van der Waals surface area contributed by atoms with Crippen LogP contribution in [0.25, 0.3) is 0 Å². The van der Waals surface area contributed by atoms with Gasteiger partial charge in [0.15, 0.2) is 0 Å². The number of hydrogen-bond acceptors (Lipinski definition) is 4. The topological polar surface area (TPSA) is 73.3 Å². The minimum absolute atomic E-state index is 0.0277. The molecule has 1 aliphatic rings. The van der Waals surface area contributed by atoms with Crippen LogP contribution in [0.15, 0.2) is 76.4 Å². The third-order valence-electron chi connectivity index (χ3n) is 5.89. The van der Waals surface area contributed by atoms with E-state index >= 15 is 0 Å². The smallest absolute Gasteiger partial charge is 0.328 e. The molecule has 1 aliphatic carbocycles. The Hall–Kier alpha value is -2.96. The molecule has 1 heterocycles. The van der Waals surface area contributed by atoms with Crippen molar-refractivity contribution < 1.29 is 9.47 Å². The first kappa shape index (κ1) is 21.3. The number of ether oxygens (including phenoxy) is 2. The summed E-state index contributed by atoms with van der Waals surface area (Å²) >= 11 is 0. The van der Waals surface area contributed by atoms with Gasteiger partial charge in [-0.25, -0.2) is 4.79 Å². The Balaban J connectivity index is 1.46. The fourth-order valence-electron chi connectivity index (χ4n) is 4.20. The van der Waals surface area contributed by atoms with Crippen molar-refractivity contribution in [3.63, 3.8) is 0 Å². The quantitative estimate of drug-likeness (QED) is 0.604. The third kappa shape index (κ3) is 5.40. The lowest BCUT2D eigenvalue weighted by atomic mass is 10.1. The van der Waals surface area contributed by atoms with E-state index in [1.807, 2.05) is 60.7 Å². The monoisotopic (exact) mass is 420 g/mol. The van der Waals surface area contributed by atoms with Gasteiger partial charge in [-0.3, -0.25) is 14.3 Å². The highest BCUT2D eigenvalue weighted by atomic mass is 16.5. The van der Waals surface area contributed by atoms with E-state index in [-0.39, 0.29) is 29.3 Å². The fourth-order valence-corrected chi connectivity index (χ4v) is 4.20. The lowest BCUT2D eigenvalue weighted by Crippen LogP contribution is -2.32. The molecular formula is C25H28N2O4. The van der Waals surface area contributed by atoms with Gasteiger partial charge in [-0.05, 0) is 30.9 Å². The second-order valence-corrected chi connectivity index (χ2v) is 8.20. The maximum absolute atomic E-state index is 12.4. The molecule has 0 radical (unpaired) electrons. The van der Waals surface area contributed by atoms with Crippen molar-refractivity contribution in [2.24, 2.45) is 5.92 Å². The number of aryl methyl sites for hydroxylation is 1. The number of nitrogens with zero attached hydrogens (tertiary/aromatic N) is 1. The molecule has 0 amide bonds. The number of aromatic amines is 1. The number of rotatable bonds is 8. The number of hydrogen-bond donors (Lipinski definition) is 1. The van der Waals surface area contributed by atoms with Crippen LogP contribution in [-0.4, -0.2) is 22.3 Å². The highest BCUT2D eigenvalue weighted by molar-refractivity contribution is 5.14. The summed E-state index contributed by atoms with van der Waals surface area (Å²) < 4.78 is 13.9. The van der Waals surface area contributed by atoms with Crippen LogP contribution in [0.4, 0.5) is 0 Å². The molecule has 4 rings (SSSR count). The van der Waals surface area contributed by atoms with E-state index in [0.717, 1.165) is 17.5 Å². The van der Waals surface area contributed by atoms with Gasteiger partial charge in [0.05, 0.1) is 25.9 Å². The van der Waals surface area contributed by atoms with Gasteiger partial charge in [0.2, 0.25) is 0 Å². The van der Waals surface area contributed by atoms with E-state index < -0.39 is 0 Å². The molecule has 0 spiro atoms. The van der Waals surface area contributed by atoms with E-state index in [1.54, 1.807) is 17.7 Å².